The molecule has 3 aromatic rings. The van der Waals surface area contributed by atoms with E-state index in [1.54, 1.807) is 22.7 Å². The summed E-state index contributed by atoms with van der Waals surface area (Å²) in [4.78, 5) is 2.66. The number of benzene rings is 1. The normalized spacial score (nSPS) is 10.7. The van der Waals surface area contributed by atoms with Gasteiger partial charge >= 0.3 is 0 Å². The van der Waals surface area contributed by atoms with E-state index in [-0.39, 0.29) is 0 Å². The molecule has 4 heteroatoms. The van der Waals surface area contributed by atoms with Crippen LogP contribution in [-0.4, -0.2) is 0 Å². The smallest absolute Gasteiger partial charge is 0.0494 e. The molecule has 0 saturated heterocycles. The Kier molecular flexibility index (Phi) is 4.10. The molecule has 0 spiro atoms. The van der Waals surface area contributed by atoms with Gasteiger partial charge in [0.25, 0.3) is 0 Å². The zero-order valence-corrected chi connectivity index (χ0v) is 13.4. The van der Waals surface area contributed by atoms with Crippen LogP contribution in [0.4, 0.5) is 5.69 Å². The molecule has 0 amide bonds. The molecule has 0 aliphatic carbocycles. The van der Waals surface area contributed by atoms with Gasteiger partial charge in [0.2, 0.25) is 0 Å². The predicted molar refractivity (Wildman–Crippen MR) is 91.1 cm³/mol. The first-order chi connectivity index (χ1) is 9.72. The summed E-state index contributed by atoms with van der Waals surface area (Å²) in [7, 11) is 0. The van der Waals surface area contributed by atoms with Crippen molar-refractivity contribution >= 4 is 40.0 Å². The molecule has 1 aromatic carbocycles. The van der Waals surface area contributed by atoms with E-state index in [9.17, 15) is 0 Å². The molecule has 0 bridgehead atoms. The number of halogens is 1. The van der Waals surface area contributed by atoms with E-state index in [1.807, 2.05) is 18.2 Å². The molecule has 0 aliphatic heterocycles. The third kappa shape index (κ3) is 3.06. The van der Waals surface area contributed by atoms with Gasteiger partial charge in [0, 0.05) is 32.6 Å². The highest BCUT2D eigenvalue weighted by molar-refractivity contribution is 7.14. The van der Waals surface area contributed by atoms with Crippen molar-refractivity contribution in [3.63, 3.8) is 0 Å². The summed E-state index contributed by atoms with van der Waals surface area (Å²) in [5, 5.41) is 8.58. The van der Waals surface area contributed by atoms with Gasteiger partial charge in [-0.3, -0.25) is 0 Å². The second-order valence-electron chi connectivity index (χ2n) is 4.59. The van der Waals surface area contributed by atoms with Crippen molar-refractivity contribution in [2.75, 3.05) is 5.32 Å². The minimum Gasteiger partial charge on any atom is -0.380 e. The lowest BCUT2D eigenvalue weighted by atomic mass is 10.2. The number of hydrogen-bond donors (Lipinski definition) is 1. The summed E-state index contributed by atoms with van der Waals surface area (Å²) in [6.07, 6.45) is 0. The van der Waals surface area contributed by atoms with Crippen LogP contribution in [0.25, 0.3) is 10.4 Å². The van der Waals surface area contributed by atoms with Gasteiger partial charge in [0.15, 0.2) is 0 Å². The largest absolute Gasteiger partial charge is 0.380 e. The van der Waals surface area contributed by atoms with E-state index >= 15 is 0 Å². The van der Waals surface area contributed by atoms with Crippen molar-refractivity contribution in [1.29, 1.82) is 0 Å². The van der Waals surface area contributed by atoms with Gasteiger partial charge in [-0.2, -0.15) is 0 Å². The fraction of sp³-hybridized carbons (Fsp3) is 0.125. The van der Waals surface area contributed by atoms with Crippen LogP contribution in [0.15, 0.2) is 47.2 Å². The second-order valence-corrected chi connectivity index (χ2v) is 6.97. The molecule has 2 aromatic heterocycles. The Labute approximate surface area is 131 Å². The molecule has 3 rings (SSSR count). The van der Waals surface area contributed by atoms with Crippen molar-refractivity contribution < 1.29 is 0 Å². The molecule has 0 radical (unpaired) electrons. The summed E-state index contributed by atoms with van der Waals surface area (Å²) >= 11 is 9.54. The highest BCUT2D eigenvalue weighted by atomic mass is 35.5. The van der Waals surface area contributed by atoms with E-state index in [0.29, 0.717) is 0 Å². The maximum Gasteiger partial charge on any atom is 0.0494 e. The summed E-state index contributed by atoms with van der Waals surface area (Å²) in [6, 6.07) is 12.4. The van der Waals surface area contributed by atoms with E-state index in [0.717, 1.165) is 17.3 Å². The Morgan fingerprint density at radius 2 is 2.05 bits per heavy atom. The van der Waals surface area contributed by atoms with Gasteiger partial charge in [0.1, 0.15) is 0 Å². The lowest BCUT2D eigenvalue weighted by Crippen LogP contribution is -1.99. The first kappa shape index (κ1) is 13.7. The molecule has 0 unspecified atom stereocenters. The standard InChI is InChI=1S/C16H14ClNS2/c1-11-7-13(17)4-5-15(11)18-9-14-8-12(10-20-14)16-3-2-6-19-16/h2-8,10,18H,9H2,1H3. The number of thiophene rings is 2. The molecular weight excluding hydrogens is 306 g/mol. The van der Waals surface area contributed by atoms with Crippen LogP contribution >= 0.6 is 34.3 Å². The maximum absolute atomic E-state index is 5.97. The Balaban J connectivity index is 1.70. The average Bonchev–Trinajstić information content (AvgIpc) is 3.08. The topological polar surface area (TPSA) is 12.0 Å². The van der Waals surface area contributed by atoms with E-state index in [4.69, 9.17) is 11.6 Å². The fourth-order valence-electron chi connectivity index (χ4n) is 2.05. The predicted octanol–water partition coefficient (Wildman–Crippen LogP) is 6.05. The van der Waals surface area contributed by atoms with Gasteiger partial charge < -0.3 is 5.32 Å². The van der Waals surface area contributed by atoms with Gasteiger partial charge in [0.05, 0.1) is 0 Å². The van der Waals surface area contributed by atoms with Crippen LogP contribution in [-0.2, 0) is 6.54 Å². The van der Waals surface area contributed by atoms with Crippen LogP contribution in [0.5, 0.6) is 0 Å². The number of rotatable bonds is 4. The summed E-state index contributed by atoms with van der Waals surface area (Å²) < 4.78 is 0. The average molecular weight is 320 g/mol. The quantitative estimate of drug-likeness (QED) is 0.617. The van der Waals surface area contributed by atoms with E-state index in [1.165, 1.54) is 20.9 Å². The van der Waals surface area contributed by atoms with E-state index in [2.05, 4.69) is 41.2 Å². The monoisotopic (exact) mass is 319 g/mol. The Hall–Kier alpha value is -1.29. The molecule has 0 saturated carbocycles. The van der Waals surface area contributed by atoms with Crippen molar-refractivity contribution in [2.24, 2.45) is 0 Å². The summed E-state index contributed by atoms with van der Waals surface area (Å²) in [5.41, 5.74) is 3.63. The molecule has 0 atom stereocenters. The number of aryl methyl sites for hydroxylation is 1. The fourth-order valence-corrected chi connectivity index (χ4v) is 3.89. The minimum atomic E-state index is 0.782. The summed E-state index contributed by atoms with van der Waals surface area (Å²) in [6.45, 7) is 2.91. The lowest BCUT2D eigenvalue weighted by molar-refractivity contribution is 1.18. The molecule has 102 valence electrons. The summed E-state index contributed by atoms with van der Waals surface area (Å²) in [5.74, 6) is 0. The number of nitrogens with one attached hydrogen (secondary N) is 1. The van der Waals surface area contributed by atoms with Gasteiger partial charge in [-0.1, -0.05) is 17.7 Å². The Bertz CT molecular complexity index is 701. The van der Waals surface area contributed by atoms with Crippen LogP contribution < -0.4 is 5.32 Å². The third-order valence-electron chi connectivity index (χ3n) is 3.10. The highest BCUT2D eigenvalue weighted by Crippen LogP contribution is 2.30. The van der Waals surface area contributed by atoms with Crippen LogP contribution in [0.2, 0.25) is 5.02 Å². The molecule has 1 N–H and O–H groups in total. The molecule has 2 heterocycles. The van der Waals surface area contributed by atoms with Crippen LogP contribution in [0.3, 0.4) is 0 Å². The van der Waals surface area contributed by atoms with Crippen molar-refractivity contribution in [1.82, 2.24) is 0 Å². The second kappa shape index (κ2) is 6.00. The van der Waals surface area contributed by atoms with Crippen LogP contribution in [0.1, 0.15) is 10.4 Å². The number of hydrogen-bond acceptors (Lipinski definition) is 3. The Morgan fingerprint density at radius 1 is 1.15 bits per heavy atom. The zero-order valence-electron chi connectivity index (χ0n) is 11.0. The molecular formula is C16H14ClNS2. The Morgan fingerprint density at radius 3 is 2.80 bits per heavy atom. The van der Waals surface area contributed by atoms with Gasteiger partial charge in [-0.15, -0.1) is 22.7 Å². The van der Waals surface area contributed by atoms with Crippen molar-refractivity contribution in [2.45, 2.75) is 13.5 Å². The molecule has 0 aliphatic rings. The van der Waals surface area contributed by atoms with E-state index < -0.39 is 0 Å². The lowest BCUT2D eigenvalue weighted by Gasteiger charge is -2.08. The maximum atomic E-state index is 5.97. The van der Waals surface area contributed by atoms with Gasteiger partial charge in [-0.25, -0.2) is 0 Å². The van der Waals surface area contributed by atoms with Crippen LogP contribution in [0, 0.1) is 6.92 Å². The van der Waals surface area contributed by atoms with Crippen molar-refractivity contribution in [3.05, 3.63) is 62.6 Å². The molecule has 20 heavy (non-hydrogen) atoms. The van der Waals surface area contributed by atoms with Crippen molar-refractivity contribution in [3.8, 4) is 10.4 Å². The SMILES string of the molecule is Cc1cc(Cl)ccc1NCc1cc(-c2cccs2)cs1. The first-order valence-corrected chi connectivity index (χ1v) is 8.47. The number of anilines is 1. The minimum absolute atomic E-state index is 0.782. The van der Waals surface area contributed by atoms with Gasteiger partial charge in [-0.05, 0) is 53.6 Å². The highest BCUT2D eigenvalue weighted by Gasteiger charge is 2.04. The first-order valence-electron chi connectivity index (χ1n) is 6.34. The zero-order chi connectivity index (χ0) is 13.9. The third-order valence-corrected chi connectivity index (χ3v) is 5.19. The molecule has 0 fully saturated rings. The molecule has 1 nitrogen and oxygen atoms in total.